The number of amides is 2. The molecule has 226 valence electrons. The minimum absolute atomic E-state index is 0.0586. The van der Waals surface area contributed by atoms with Crippen molar-refractivity contribution in [3.63, 3.8) is 0 Å². The van der Waals surface area contributed by atoms with Gasteiger partial charge in [0.05, 0.1) is 24.8 Å². The lowest BCUT2D eigenvalue weighted by atomic mass is 10.1. The first-order valence-electron chi connectivity index (χ1n) is 14.0. The number of hydrogen-bond donors (Lipinski definition) is 1. The summed E-state index contributed by atoms with van der Waals surface area (Å²) in [5.74, 6) is -0.160. The highest BCUT2D eigenvalue weighted by atomic mass is 32.2. The molecule has 0 fully saturated rings. The van der Waals surface area contributed by atoms with E-state index < -0.39 is 28.5 Å². The third-order valence-electron chi connectivity index (χ3n) is 6.92. The van der Waals surface area contributed by atoms with E-state index in [1.807, 2.05) is 57.2 Å². The van der Waals surface area contributed by atoms with E-state index in [1.54, 1.807) is 19.1 Å². The van der Waals surface area contributed by atoms with Crippen molar-refractivity contribution in [1.29, 1.82) is 0 Å². The number of benzene rings is 3. The summed E-state index contributed by atoms with van der Waals surface area (Å²) >= 11 is 0. The maximum Gasteiger partial charge on any atom is 0.264 e. The van der Waals surface area contributed by atoms with Crippen molar-refractivity contribution in [2.24, 2.45) is 0 Å². The molecule has 0 heterocycles. The average molecular weight is 596 g/mol. The molecule has 1 atom stereocenters. The summed E-state index contributed by atoms with van der Waals surface area (Å²) in [5, 5.41) is 2.85. The molecule has 0 saturated heterocycles. The lowest BCUT2D eigenvalue weighted by Crippen LogP contribution is -2.52. The van der Waals surface area contributed by atoms with E-state index in [4.69, 9.17) is 9.47 Å². The first-order chi connectivity index (χ1) is 20.0. The van der Waals surface area contributed by atoms with Gasteiger partial charge in [-0.15, -0.1) is 0 Å². The Kier molecular flexibility index (Phi) is 11.4. The summed E-state index contributed by atoms with van der Waals surface area (Å²) in [6.07, 6.45) is 1.25. The number of hydrogen-bond acceptors (Lipinski definition) is 6. The van der Waals surface area contributed by atoms with Crippen molar-refractivity contribution in [2.75, 3.05) is 38.2 Å². The summed E-state index contributed by atoms with van der Waals surface area (Å²) in [6, 6.07) is 18.5. The van der Waals surface area contributed by atoms with E-state index in [1.165, 1.54) is 37.3 Å². The second-order valence-corrected chi connectivity index (χ2v) is 12.0. The molecule has 1 N–H and O–H groups in total. The van der Waals surface area contributed by atoms with Crippen LogP contribution >= 0.6 is 0 Å². The van der Waals surface area contributed by atoms with E-state index >= 15 is 0 Å². The molecule has 0 spiro atoms. The Hall–Kier alpha value is -4.05. The standard InChI is InChI=1S/C32H41N3O6S/c1-7-16-33-32(37)25(4)34(17-15-26-11-9-8-10-12-26)31(36)22-35(27-19-23(2)18-24(3)20-27)42(38,39)28-13-14-29(40-5)30(21-28)41-6/h8-14,18-21,25H,7,15-17,22H2,1-6H3,(H,33,37)/t25-/m0/s1. The van der Waals surface area contributed by atoms with Gasteiger partial charge in [0.25, 0.3) is 10.0 Å². The highest BCUT2D eigenvalue weighted by Gasteiger charge is 2.33. The molecular weight excluding hydrogens is 554 g/mol. The van der Waals surface area contributed by atoms with Gasteiger partial charge in [0.1, 0.15) is 12.6 Å². The number of carbonyl (C=O) groups is 2. The first-order valence-corrected chi connectivity index (χ1v) is 15.4. The van der Waals surface area contributed by atoms with Gasteiger partial charge in [-0.1, -0.05) is 43.3 Å². The third-order valence-corrected chi connectivity index (χ3v) is 8.69. The zero-order valence-electron chi connectivity index (χ0n) is 25.2. The van der Waals surface area contributed by atoms with Gasteiger partial charge in [0.15, 0.2) is 11.5 Å². The van der Waals surface area contributed by atoms with Gasteiger partial charge in [0, 0.05) is 19.2 Å². The van der Waals surface area contributed by atoms with Crippen molar-refractivity contribution in [3.8, 4) is 11.5 Å². The molecule has 3 rings (SSSR count). The van der Waals surface area contributed by atoms with Crippen molar-refractivity contribution in [1.82, 2.24) is 10.2 Å². The maximum absolute atomic E-state index is 14.2. The number of carbonyl (C=O) groups excluding carboxylic acids is 2. The number of sulfonamides is 1. The predicted molar refractivity (Wildman–Crippen MR) is 165 cm³/mol. The Morgan fingerprint density at radius 2 is 1.55 bits per heavy atom. The molecule has 2 amide bonds. The van der Waals surface area contributed by atoms with E-state index in [-0.39, 0.29) is 23.1 Å². The molecule has 9 nitrogen and oxygen atoms in total. The minimum atomic E-state index is -4.25. The monoisotopic (exact) mass is 595 g/mol. The molecule has 0 saturated carbocycles. The highest BCUT2D eigenvalue weighted by Crippen LogP contribution is 2.33. The SMILES string of the molecule is CCCNC(=O)[C@H](C)N(CCc1ccccc1)C(=O)CN(c1cc(C)cc(C)c1)S(=O)(=O)c1ccc(OC)c(OC)c1. The minimum Gasteiger partial charge on any atom is -0.493 e. The average Bonchev–Trinajstić information content (AvgIpc) is 2.98. The van der Waals surface area contributed by atoms with Gasteiger partial charge in [-0.05, 0) is 74.6 Å². The second kappa shape index (κ2) is 14.7. The Labute approximate surface area is 249 Å². The van der Waals surface area contributed by atoms with Crippen LogP contribution in [0.3, 0.4) is 0 Å². The van der Waals surface area contributed by atoms with Crippen molar-refractivity contribution >= 4 is 27.5 Å². The molecular formula is C32H41N3O6S. The fourth-order valence-electron chi connectivity index (χ4n) is 4.69. The molecule has 3 aromatic rings. The Bertz CT molecular complexity index is 1460. The zero-order valence-corrected chi connectivity index (χ0v) is 26.0. The van der Waals surface area contributed by atoms with Crippen LogP contribution in [-0.2, 0) is 26.0 Å². The van der Waals surface area contributed by atoms with Gasteiger partial charge in [-0.3, -0.25) is 13.9 Å². The normalized spacial score (nSPS) is 11.9. The number of nitrogens with one attached hydrogen (secondary N) is 1. The molecule has 0 bridgehead atoms. The summed E-state index contributed by atoms with van der Waals surface area (Å²) in [4.78, 5) is 28.4. The van der Waals surface area contributed by atoms with Crippen molar-refractivity contribution < 1.29 is 27.5 Å². The summed E-state index contributed by atoms with van der Waals surface area (Å²) in [5.41, 5.74) is 3.04. The molecule has 0 unspecified atom stereocenters. The third kappa shape index (κ3) is 8.03. The van der Waals surface area contributed by atoms with Crippen LogP contribution in [0.2, 0.25) is 0 Å². The summed E-state index contributed by atoms with van der Waals surface area (Å²) < 4.78 is 40.1. The van der Waals surface area contributed by atoms with Crippen LogP contribution in [0.1, 0.15) is 37.0 Å². The number of ether oxygens (including phenoxy) is 2. The van der Waals surface area contributed by atoms with Gasteiger partial charge in [0.2, 0.25) is 11.8 Å². The van der Waals surface area contributed by atoms with E-state index in [0.717, 1.165) is 27.4 Å². The topological polar surface area (TPSA) is 105 Å². The van der Waals surface area contributed by atoms with Crippen molar-refractivity contribution in [3.05, 3.63) is 83.4 Å². The number of rotatable bonds is 14. The lowest BCUT2D eigenvalue weighted by molar-refractivity contribution is -0.138. The molecule has 0 aliphatic carbocycles. The van der Waals surface area contributed by atoms with Crippen LogP contribution in [0.15, 0.2) is 71.6 Å². The molecule has 0 radical (unpaired) electrons. The van der Waals surface area contributed by atoms with Crippen LogP contribution in [0.4, 0.5) is 5.69 Å². The molecule has 42 heavy (non-hydrogen) atoms. The maximum atomic E-state index is 14.2. The molecule has 10 heteroatoms. The number of nitrogens with zero attached hydrogens (tertiary/aromatic N) is 2. The van der Waals surface area contributed by atoms with Crippen LogP contribution < -0.4 is 19.1 Å². The van der Waals surface area contributed by atoms with Gasteiger partial charge in [-0.25, -0.2) is 8.42 Å². The van der Waals surface area contributed by atoms with E-state index in [2.05, 4.69) is 5.32 Å². The van der Waals surface area contributed by atoms with Crippen molar-refractivity contribution in [2.45, 2.75) is 51.5 Å². The van der Waals surface area contributed by atoms with Crippen LogP contribution in [0, 0.1) is 13.8 Å². The Balaban J connectivity index is 2.05. The number of methoxy groups -OCH3 is 2. The fourth-order valence-corrected chi connectivity index (χ4v) is 6.11. The lowest BCUT2D eigenvalue weighted by Gasteiger charge is -2.32. The van der Waals surface area contributed by atoms with Crippen LogP contribution in [0.25, 0.3) is 0 Å². The second-order valence-electron chi connectivity index (χ2n) is 10.2. The smallest absolute Gasteiger partial charge is 0.264 e. The molecule has 3 aromatic carbocycles. The Morgan fingerprint density at radius 3 is 2.14 bits per heavy atom. The van der Waals surface area contributed by atoms with E-state index in [9.17, 15) is 18.0 Å². The summed E-state index contributed by atoms with van der Waals surface area (Å²) in [6.45, 7) is 7.56. The van der Waals surface area contributed by atoms with Crippen LogP contribution in [0.5, 0.6) is 11.5 Å². The number of aryl methyl sites for hydroxylation is 2. The highest BCUT2D eigenvalue weighted by molar-refractivity contribution is 7.92. The largest absolute Gasteiger partial charge is 0.493 e. The number of anilines is 1. The summed E-state index contributed by atoms with van der Waals surface area (Å²) in [7, 11) is -1.36. The van der Waals surface area contributed by atoms with E-state index in [0.29, 0.717) is 24.4 Å². The predicted octanol–water partition coefficient (Wildman–Crippen LogP) is 4.50. The fraction of sp³-hybridized carbons (Fsp3) is 0.375. The quantitative estimate of drug-likeness (QED) is 0.294. The van der Waals surface area contributed by atoms with Crippen LogP contribution in [-0.4, -0.2) is 65.0 Å². The van der Waals surface area contributed by atoms with Gasteiger partial charge in [-0.2, -0.15) is 0 Å². The first kappa shape index (κ1) is 32.5. The van der Waals surface area contributed by atoms with Gasteiger partial charge < -0.3 is 19.7 Å². The Morgan fingerprint density at radius 1 is 0.905 bits per heavy atom. The zero-order chi connectivity index (χ0) is 30.9. The molecule has 0 aliphatic rings. The molecule has 0 aliphatic heterocycles. The van der Waals surface area contributed by atoms with Gasteiger partial charge >= 0.3 is 0 Å². The molecule has 0 aromatic heterocycles.